The zero-order chi connectivity index (χ0) is 23.2. The van der Waals surface area contributed by atoms with Gasteiger partial charge in [-0.05, 0) is 50.0 Å². The average molecular weight is 463 g/mol. The molecular formula is C26H34N6O2. The minimum absolute atomic E-state index is 0.0173. The SMILES string of the molecule is Cc1cc(C2C=c3ncn(C4CC4)c3=C(O[C@H](C)[C@H]3CNC(=O)C3)N2)ccc1N1CCNCC1. The summed E-state index contributed by atoms with van der Waals surface area (Å²) in [6.07, 6.45) is 6.98. The second kappa shape index (κ2) is 8.65. The number of amides is 1. The highest BCUT2D eigenvalue weighted by atomic mass is 16.5. The Bertz CT molecular complexity index is 1210. The van der Waals surface area contributed by atoms with Gasteiger partial charge in [0, 0.05) is 56.8 Å². The van der Waals surface area contributed by atoms with Crippen LogP contribution in [-0.4, -0.2) is 54.3 Å². The van der Waals surface area contributed by atoms with Crippen molar-refractivity contribution in [2.75, 3.05) is 37.6 Å². The van der Waals surface area contributed by atoms with E-state index in [0.29, 0.717) is 19.0 Å². The van der Waals surface area contributed by atoms with Crippen LogP contribution in [-0.2, 0) is 9.53 Å². The molecule has 0 bridgehead atoms. The topological polar surface area (TPSA) is 83.4 Å². The summed E-state index contributed by atoms with van der Waals surface area (Å²) in [5.74, 6) is 1.06. The third-order valence-electron chi connectivity index (χ3n) is 7.60. The first-order valence-electron chi connectivity index (χ1n) is 12.6. The smallest absolute Gasteiger partial charge is 0.220 e. The summed E-state index contributed by atoms with van der Waals surface area (Å²) in [5, 5.41) is 12.1. The van der Waals surface area contributed by atoms with Gasteiger partial charge in [0.1, 0.15) is 11.5 Å². The maximum Gasteiger partial charge on any atom is 0.220 e. The predicted molar refractivity (Wildman–Crippen MR) is 131 cm³/mol. The van der Waals surface area contributed by atoms with E-state index >= 15 is 0 Å². The number of fused-ring (bicyclic) bond motifs is 1. The summed E-state index contributed by atoms with van der Waals surface area (Å²) < 4.78 is 8.80. The first kappa shape index (κ1) is 21.5. The molecule has 0 radical (unpaired) electrons. The van der Waals surface area contributed by atoms with Gasteiger partial charge >= 0.3 is 0 Å². The van der Waals surface area contributed by atoms with Crippen molar-refractivity contribution in [3.8, 4) is 0 Å². The Labute approximate surface area is 200 Å². The van der Waals surface area contributed by atoms with Gasteiger partial charge in [0.2, 0.25) is 11.8 Å². The third kappa shape index (κ3) is 4.04. The molecule has 2 aromatic rings. The van der Waals surface area contributed by atoms with Crippen molar-refractivity contribution in [1.82, 2.24) is 25.5 Å². The van der Waals surface area contributed by atoms with Crippen molar-refractivity contribution in [2.45, 2.75) is 51.3 Å². The van der Waals surface area contributed by atoms with Gasteiger partial charge in [-0.2, -0.15) is 0 Å². The molecule has 1 aromatic carbocycles. The number of anilines is 1. The molecule has 1 aromatic heterocycles. The Morgan fingerprint density at radius 1 is 1.21 bits per heavy atom. The molecule has 8 heteroatoms. The maximum absolute atomic E-state index is 11.8. The standard InChI is InChI=1S/C26H34N6O2/c1-16-11-18(3-6-23(16)31-9-7-27-8-10-31)21-13-22-25(32(15-29-22)20-4-5-20)26(30-21)34-17(2)19-12-24(33)28-14-19/h3,6,11,13,15,17,19-21,27,30H,4-5,7-10,12,14H2,1-2H3,(H,28,33)/t17-,19-,21?/m1/s1. The highest BCUT2D eigenvalue weighted by Crippen LogP contribution is 2.33. The van der Waals surface area contributed by atoms with Gasteiger partial charge in [-0.3, -0.25) is 4.79 Å². The number of hydrogen-bond donors (Lipinski definition) is 3. The molecule has 4 heterocycles. The number of aromatic nitrogens is 2. The summed E-state index contributed by atoms with van der Waals surface area (Å²) in [4.78, 5) is 19.0. The fraction of sp³-hybridized carbons (Fsp3) is 0.538. The molecule has 34 heavy (non-hydrogen) atoms. The first-order valence-corrected chi connectivity index (χ1v) is 12.6. The van der Waals surface area contributed by atoms with Gasteiger partial charge in [0.05, 0.1) is 17.7 Å². The van der Waals surface area contributed by atoms with E-state index in [0.717, 1.165) is 42.8 Å². The van der Waals surface area contributed by atoms with Gasteiger partial charge in [-0.15, -0.1) is 0 Å². The van der Waals surface area contributed by atoms with E-state index in [1.165, 1.54) is 29.7 Å². The second-order valence-electron chi connectivity index (χ2n) is 10.1. The van der Waals surface area contributed by atoms with Crippen LogP contribution in [0.5, 0.6) is 0 Å². The van der Waals surface area contributed by atoms with Crippen LogP contribution in [0.15, 0.2) is 24.5 Å². The molecule has 2 saturated heterocycles. The van der Waals surface area contributed by atoms with Crippen LogP contribution in [0.1, 0.15) is 49.4 Å². The van der Waals surface area contributed by atoms with Crippen LogP contribution in [0.2, 0.25) is 0 Å². The van der Waals surface area contributed by atoms with E-state index < -0.39 is 0 Å². The number of aryl methyl sites for hydroxylation is 1. The number of nitrogens with one attached hydrogen (secondary N) is 3. The maximum atomic E-state index is 11.8. The Balaban J connectivity index is 1.31. The lowest BCUT2D eigenvalue weighted by Gasteiger charge is -2.31. The molecule has 1 saturated carbocycles. The lowest BCUT2D eigenvalue weighted by atomic mass is 10.0. The number of imidazole rings is 1. The van der Waals surface area contributed by atoms with Gasteiger partial charge < -0.3 is 30.2 Å². The quantitative estimate of drug-likeness (QED) is 0.585. The molecule has 0 spiro atoms. The molecule has 6 rings (SSSR count). The summed E-state index contributed by atoms with van der Waals surface area (Å²) in [7, 11) is 0. The number of ether oxygens (including phenoxy) is 1. The molecule has 180 valence electrons. The zero-order valence-electron chi connectivity index (χ0n) is 20.0. The van der Waals surface area contributed by atoms with E-state index in [1.807, 2.05) is 6.33 Å². The Morgan fingerprint density at radius 2 is 2.03 bits per heavy atom. The van der Waals surface area contributed by atoms with Gasteiger partial charge in [-0.25, -0.2) is 4.98 Å². The van der Waals surface area contributed by atoms with Crippen LogP contribution in [0.4, 0.5) is 5.69 Å². The zero-order valence-corrected chi connectivity index (χ0v) is 20.0. The average Bonchev–Trinajstić information content (AvgIpc) is 3.44. The number of nitrogens with zero attached hydrogens (tertiary/aromatic N) is 3. The first-order chi connectivity index (χ1) is 16.6. The highest BCUT2D eigenvalue weighted by molar-refractivity contribution is 5.78. The summed E-state index contributed by atoms with van der Waals surface area (Å²) in [5.41, 5.74) is 3.80. The minimum Gasteiger partial charge on any atom is -0.474 e. The number of hydrogen-bond acceptors (Lipinski definition) is 6. The van der Waals surface area contributed by atoms with E-state index in [9.17, 15) is 4.79 Å². The third-order valence-corrected chi connectivity index (χ3v) is 7.60. The fourth-order valence-electron chi connectivity index (χ4n) is 5.41. The van der Waals surface area contributed by atoms with E-state index in [2.05, 4.69) is 63.5 Å². The Kier molecular flexibility index (Phi) is 5.48. The lowest BCUT2D eigenvalue weighted by molar-refractivity contribution is -0.119. The molecule has 1 aliphatic carbocycles. The fourth-order valence-corrected chi connectivity index (χ4v) is 5.41. The monoisotopic (exact) mass is 462 g/mol. The molecule has 3 fully saturated rings. The van der Waals surface area contributed by atoms with E-state index in [4.69, 9.17) is 9.72 Å². The molecule has 3 N–H and O–H groups in total. The van der Waals surface area contributed by atoms with Gasteiger partial charge in [-0.1, -0.05) is 12.1 Å². The Hall–Kier alpha value is -3.00. The second-order valence-corrected chi connectivity index (χ2v) is 10.1. The van der Waals surface area contributed by atoms with Crippen LogP contribution < -0.4 is 31.5 Å². The van der Waals surface area contributed by atoms with Crippen molar-refractivity contribution in [1.29, 1.82) is 0 Å². The van der Waals surface area contributed by atoms with Crippen molar-refractivity contribution < 1.29 is 9.53 Å². The molecule has 8 nitrogen and oxygen atoms in total. The van der Waals surface area contributed by atoms with Crippen LogP contribution in [0, 0.1) is 12.8 Å². The summed E-state index contributed by atoms with van der Waals surface area (Å²) >= 11 is 0. The largest absolute Gasteiger partial charge is 0.474 e. The lowest BCUT2D eigenvalue weighted by Crippen LogP contribution is -2.44. The number of rotatable bonds is 6. The molecule has 1 amide bonds. The molecule has 1 unspecified atom stereocenters. The number of benzene rings is 1. The number of carbonyl (C=O) groups is 1. The van der Waals surface area contributed by atoms with Crippen molar-refractivity contribution in [2.24, 2.45) is 5.92 Å². The van der Waals surface area contributed by atoms with Crippen molar-refractivity contribution in [3.05, 3.63) is 46.4 Å². The van der Waals surface area contributed by atoms with Gasteiger partial charge in [0.25, 0.3) is 0 Å². The summed E-state index contributed by atoms with van der Waals surface area (Å²) in [6.45, 7) is 9.07. The molecular weight excluding hydrogens is 428 g/mol. The molecule has 3 atom stereocenters. The van der Waals surface area contributed by atoms with Crippen molar-refractivity contribution >= 4 is 23.6 Å². The van der Waals surface area contributed by atoms with E-state index in [1.54, 1.807) is 0 Å². The van der Waals surface area contributed by atoms with Crippen LogP contribution >= 0.6 is 0 Å². The molecule has 3 aliphatic heterocycles. The van der Waals surface area contributed by atoms with Crippen LogP contribution in [0.25, 0.3) is 12.0 Å². The van der Waals surface area contributed by atoms with Gasteiger partial charge in [0.15, 0.2) is 0 Å². The minimum atomic E-state index is -0.0765. The number of carbonyl (C=O) groups excluding carboxylic acids is 1. The Morgan fingerprint density at radius 3 is 2.74 bits per heavy atom. The molecule has 4 aliphatic rings. The predicted octanol–water partition coefficient (Wildman–Crippen LogP) is 0.668. The normalized spacial score (nSPS) is 25.3. The van der Waals surface area contributed by atoms with E-state index in [-0.39, 0.29) is 24.0 Å². The van der Waals surface area contributed by atoms with Crippen molar-refractivity contribution in [3.63, 3.8) is 0 Å². The highest BCUT2D eigenvalue weighted by Gasteiger charge is 2.32. The number of piperazine rings is 1. The summed E-state index contributed by atoms with van der Waals surface area (Å²) in [6, 6.07) is 7.25. The van der Waals surface area contributed by atoms with Crippen LogP contribution in [0.3, 0.4) is 0 Å².